The van der Waals surface area contributed by atoms with E-state index in [1.54, 1.807) is 0 Å². The highest BCUT2D eigenvalue weighted by atomic mass is 14.4. The molecule has 0 aliphatic heterocycles. The molecule has 28 heavy (non-hydrogen) atoms. The number of hydrogen-bond donors (Lipinski definition) is 0. The highest BCUT2D eigenvalue weighted by molar-refractivity contribution is 5.94. The predicted octanol–water partition coefficient (Wildman–Crippen LogP) is 7.25. The van der Waals surface area contributed by atoms with Crippen LogP contribution in [0.5, 0.6) is 0 Å². The molecule has 3 aliphatic carbocycles. The highest BCUT2D eigenvalue weighted by Gasteiger charge is 2.39. The fraction of sp³-hybridized carbons (Fsp3) is 0.214. The fourth-order valence-electron chi connectivity index (χ4n) is 5.18. The van der Waals surface area contributed by atoms with E-state index in [-0.39, 0.29) is 5.41 Å². The quantitative estimate of drug-likeness (QED) is 0.451. The van der Waals surface area contributed by atoms with Crippen molar-refractivity contribution in [2.75, 3.05) is 0 Å². The Hall–Kier alpha value is -2.86. The second-order valence-corrected chi connectivity index (χ2v) is 9.02. The monoisotopic (exact) mass is 360 g/mol. The Morgan fingerprint density at radius 1 is 0.750 bits per heavy atom. The van der Waals surface area contributed by atoms with Gasteiger partial charge in [-0.05, 0) is 68.8 Å². The molecule has 2 unspecified atom stereocenters. The highest BCUT2D eigenvalue weighted by Crippen LogP contribution is 2.53. The Balaban J connectivity index is 1.55. The number of benzene rings is 3. The maximum atomic E-state index is 2.50. The van der Waals surface area contributed by atoms with Crippen LogP contribution in [0.4, 0.5) is 0 Å². The van der Waals surface area contributed by atoms with Gasteiger partial charge in [-0.3, -0.25) is 0 Å². The molecule has 0 nitrogen and oxygen atoms in total. The minimum Gasteiger partial charge on any atom is -0.0802 e. The normalized spacial score (nSPS) is 22.9. The molecule has 1 saturated carbocycles. The lowest BCUT2D eigenvalue weighted by Gasteiger charge is -2.22. The summed E-state index contributed by atoms with van der Waals surface area (Å²) in [5.74, 6) is 1.57. The van der Waals surface area contributed by atoms with Crippen molar-refractivity contribution in [1.29, 1.82) is 0 Å². The predicted molar refractivity (Wildman–Crippen MR) is 118 cm³/mol. The van der Waals surface area contributed by atoms with Gasteiger partial charge in [0.25, 0.3) is 0 Å². The van der Waals surface area contributed by atoms with Crippen LogP contribution in [0.3, 0.4) is 0 Å². The molecule has 0 saturated heterocycles. The van der Waals surface area contributed by atoms with Gasteiger partial charge in [-0.25, -0.2) is 0 Å². The number of hydrogen-bond acceptors (Lipinski definition) is 0. The average molecular weight is 361 g/mol. The first-order chi connectivity index (χ1) is 13.6. The maximum Gasteiger partial charge on any atom is 0.0159 e. The van der Waals surface area contributed by atoms with Crippen molar-refractivity contribution in [2.24, 2.45) is 11.8 Å². The molecular weight excluding hydrogens is 336 g/mol. The summed E-state index contributed by atoms with van der Waals surface area (Å²) in [7, 11) is 0. The van der Waals surface area contributed by atoms with E-state index in [1.807, 2.05) is 0 Å². The van der Waals surface area contributed by atoms with Gasteiger partial charge in [0.2, 0.25) is 0 Å². The molecule has 3 aliphatic rings. The van der Waals surface area contributed by atoms with E-state index in [2.05, 4.69) is 98.8 Å². The van der Waals surface area contributed by atoms with E-state index < -0.39 is 0 Å². The Morgan fingerprint density at radius 2 is 1.61 bits per heavy atom. The van der Waals surface area contributed by atoms with Crippen molar-refractivity contribution in [3.8, 4) is 22.3 Å². The Bertz CT molecular complexity index is 1160. The van der Waals surface area contributed by atoms with Crippen LogP contribution >= 0.6 is 0 Å². The van der Waals surface area contributed by atoms with E-state index in [0.29, 0.717) is 0 Å². The molecule has 0 N–H and O–H groups in total. The maximum absolute atomic E-state index is 2.50. The van der Waals surface area contributed by atoms with Crippen LogP contribution in [0.25, 0.3) is 27.8 Å². The van der Waals surface area contributed by atoms with Crippen molar-refractivity contribution in [3.63, 3.8) is 0 Å². The summed E-state index contributed by atoms with van der Waals surface area (Å²) in [6.45, 7) is 4.75. The zero-order chi connectivity index (χ0) is 18.9. The molecule has 0 heteroatoms. The van der Waals surface area contributed by atoms with Gasteiger partial charge >= 0.3 is 0 Å². The molecule has 2 atom stereocenters. The van der Waals surface area contributed by atoms with Crippen LogP contribution < -0.4 is 0 Å². The SMILES string of the molecule is CC1(C)c2cc(-c3ccccc3)ccc2-c2c(C3=CC4CC4C=C3)cccc21. The van der Waals surface area contributed by atoms with Crippen molar-refractivity contribution in [1.82, 2.24) is 0 Å². The standard InChI is InChI=1S/C28H24/c1-28(2)25-10-6-9-23(21-12-11-19-15-22(19)16-21)27(25)24-14-13-20(17-26(24)28)18-7-4-3-5-8-18/h3-14,16-17,19,22H,15H2,1-2H3. The van der Waals surface area contributed by atoms with Gasteiger partial charge in [-0.15, -0.1) is 0 Å². The third kappa shape index (κ3) is 2.24. The topological polar surface area (TPSA) is 0 Å². The lowest BCUT2D eigenvalue weighted by molar-refractivity contribution is 0.660. The molecule has 6 rings (SSSR count). The van der Waals surface area contributed by atoms with Crippen LogP contribution in [0.2, 0.25) is 0 Å². The molecular formula is C28H24. The Kier molecular flexibility index (Phi) is 3.21. The number of allylic oxidation sites excluding steroid dienone is 4. The molecule has 0 aromatic heterocycles. The van der Waals surface area contributed by atoms with E-state index in [0.717, 1.165) is 11.8 Å². The molecule has 3 aromatic carbocycles. The first kappa shape index (κ1) is 16.1. The van der Waals surface area contributed by atoms with E-state index in [4.69, 9.17) is 0 Å². The van der Waals surface area contributed by atoms with E-state index in [9.17, 15) is 0 Å². The third-order valence-corrected chi connectivity index (χ3v) is 6.93. The fourth-order valence-corrected chi connectivity index (χ4v) is 5.18. The van der Waals surface area contributed by atoms with Gasteiger partial charge in [-0.2, -0.15) is 0 Å². The van der Waals surface area contributed by atoms with Gasteiger partial charge in [-0.1, -0.05) is 92.7 Å². The molecule has 0 bridgehead atoms. The third-order valence-electron chi connectivity index (χ3n) is 6.93. The largest absolute Gasteiger partial charge is 0.0802 e. The second-order valence-electron chi connectivity index (χ2n) is 9.02. The molecule has 0 amide bonds. The number of fused-ring (bicyclic) bond motifs is 4. The lowest BCUT2D eigenvalue weighted by atomic mass is 9.81. The van der Waals surface area contributed by atoms with Crippen LogP contribution in [-0.2, 0) is 5.41 Å². The molecule has 1 fully saturated rings. The van der Waals surface area contributed by atoms with Crippen LogP contribution in [0, 0.1) is 11.8 Å². The summed E-state index contributed by atoms with van der Waals surface area (Å²) < 4.78 is 0. The van der Waals surface area contributed by atoms with Crippen molar-refractivity contribution in [2.45, 2.75) is 25.7 Å². The van der Waals surface area contributed by atoms with Gasteiger partial charge in [0.05, 0.1) is 0 Å². The van der Waals surface area contributed by atoms with E-state index >= 15 is 0 Å². The molecule has 136 valence electrons. The first-order valence-electron chi connectivity index (χ1n) is 10.4. The van der Waals surface area contributed by atoms with Crippen LogP contribution in [0.1, 0.15) is 37.0 Å². The van der Waals surface area contributed by atoms with Crippen LogP contribution in [0.15, 0.2) is 85.0 Å². The zero-order valence-electron chi connectivity index (χ0n) is 16.4. The van der Waals surface area contributed by atoms with Gasteiger partial charge in [0.15, 0.2) is 0 Å². The summed E-state index contributed by atoms with van der Waals surface area (Å²) >= 11 is 0. The summed E-state index contributed by atoms with van der Waals surface area (Å²) in [5, 5.41) is 0. The van der Waals surface area contributed by atoms with Crippen molar-refractivity contribution >= 4 is 5.57 Å². The van der Waals surface area contributed by atoms with Gasteiger partial charge < -0.3 is 0 Å². The minimum atomic E-state index is 0.0204. The van der Waals surface area contributed by atoms with Crippen molar-refractivity contribution < 1.29 is 0 Å². The molecule has 0 spiro atoms. The molecule has 0 heterocycles. The Morgan fingerprint density at radius 3 is 2.43 bits per heavy atom. The average Bonchev–Trinajstić information content (AvgIpc) is 3.48. The smallest absolute Gasteiger partial charge is 0.0159 e. The summed E-state index contributed by atoms with van der Waals surface area (Å²) in [5.41, 5.74) is 11.2. The first-order valence-corrected chi connectivity index (χ1v) is 10.4. The minimum absolute atomic E-state index is 0.0204. The Labute approximate surface area is 167 Å². The summed E-state index contributed by atoms with van der Waals surface area (Å²) in [4.78, 5) is 0. The van der Waals surface area contributed by atoms with Gasteiger partial charge in [0.1, 0.15) is 0 Å². The lowest BCUT2D eigenvalue weighted by Crippen LogP contribution is -2.15. The van der Waals surface area contributed by atoms with Gasteiger partial charge in [0, 0.05) is 5.41 Å². The zero-order valence-corrected chi connectivity index (χ0v) is 16.4. The van der Waals surface area contributed by atoms with Crippen molar-refractivity contribution in [3.05, 3.63) is 102 Å². The number of rotatable bonds is 2. The van der Waals surface area contributed by atoms with E-state index in [1.165, 1.54) is 50.9 Å². The summed E-state index contributed by atoms with van der Waals surface area (Å²) in [6.07, 6.45) is 8.60. The second kappa shape index (κ2) is 5.58. The van der Waals surface area contributed by atoms with Crippen LogP contribution in [-0.4, -0.2) is 0 Å². The molecule has 3 aromatic rings. The summed E-state index contributed by atoms with van der Waals surface area (Å²) in [6, 6.07) is 24.7. The molecule has 0 radical (unpaired) electrons.